The largest absolute Gasteiger partial charge is 0.269 e. The monoisotopic (exact) mass is 672 g/mol. The molecule has 0 unspecified atom stereocenters. The molecule has 23 heavy (non-hydrogen) atoms. The van der Waals surface area contributed by atoms with Crippen LogP contribution < -0.4 is 13.3 Å². The normalized spacial score (nSPS) is 8.43. The Bertz CT molecular complexity index is 510. The van der Waals surface area contributed by atoms with Crippen LogP contribution in [-0.2, 0) is 0 Å². The van der Waals surface area contributed by atoms with Crippen molar-refractivity contribution in [3.05, 3.63) is 64.7 Å². The predicted octanol–water partition coefficient (Wildman–Crippen LogP) is 4.57. The van der Waals surface area contributed by atoms with Gasteiger partial charge in [-0.15, -0.1) is 0 Å². The van der Waals surface area contributed by atoms with Gasteiger partial charge in [0.15, 0.2) is 0 Å². The Morgan fingerprint density at radius 2 is 1.26 bits per heavy atom. The Morgan fingerprint density at radius 3 is 1.65 bits per heavy atom. The molecule has 0 aliphatic heterocycles. The molecule has 0 aromatic heterocycles. The minimum Gasteiger partial charge on any atom is -0.258 e. The quantitative estimate of drug-likeness (QED) is 0.273. The van der Waals surface area contributed by atoms with E-state index in [1.165, 1.54) is 12.1 Å². The molecule has 0 N–H and O–H groups in total. The first kappa shape index (κ1) is 25.6. The molecule has 0 radical (unpaired) electrons. The van der Waals surface area contributed by atoms with Gasteiger partial charge in [0, 0.05) is 21.9 Å². The first-order valence-corrected chi connectivity index (χ1v) is 20.4. The fourth-order valence-electron chi connectivity index (χ4n) is 1.26. The van der Waals surface area contributed by atoms with Gasteiger partial charge in [0.1, 0.15) is 0 Å². The number of nitrogens with zero attached hydrogens (tertiary/aromatic N) is 1. The first-order chi connectivity index (χ1) is 11.2. The van der Waals surface area contributed by atoms with Crippen molar-refractivity contribution in [2.75, 3.05) is 0 Å². The summed E-state index contributed by atoms with van der Waals surface area (Å²) in [5, 5.41) is 10.5. The summed E-state index contributed by atoms with van der Waals surface area (Å²) >= 11 is 6.89. The molecule has 2 rings (SSSR count). The molecule has 0 aliphatic rings. The van der Waals surface area contributed by atoms with Gasteiger partial charge in [0.2, 0.25) is 0 Å². The molecule has 0 fully saturated rings. The molecule has 0 bridgehead atoms. The summed E-state index contributed by atoms with van der Waals surface area (Å²) in [4.78, 5) is 12.2. The fourth-order valence-corrected chi connectivity index (χ4v) is 2.10. The van der Waals surface area contributed by atoms with Crippen LogP contribution in [0.15, 0.2) is 64.4 Å². The van der Waals surface area contributed by atoms with E-state index in [-0.39, 0.29) is 5.69 Å². The van der Waals surface area contributed by atoms with Gasteiger partial charge < -0.3 is 0 Å². The molecule has 7 heteroatoms. The average molecular weight is 672 g/mol. The molecule has 0 amide bonds. The second-order valence-corrected chi connectivity index (χ2v) is 20.6. The molecule has 0 saturated heterocycles. The molecule has 0 saturated carbocycles. The number of nitro benzene ring substituents is 1. The van der Waals surface area contributed by atoms with E-state index in [4.69, 9.17) is 0 Å². The Kier molecular flexibility index (Phi) is 20.8. The fraction of sp³-hybridized carbons (Fsp3) is 0.250. The van der Waals surface area contributed by atoms with E-state index in [1.807, 2.05) is 58.0 Å². The third-order valence-electron chi connectivity index (χ3n) is 2.03. The number of hydrogen-bond acceptors (Lipinski definition) is 3. The van der Waals surface area contributed by atoms with E-state index in [9.17, 15) is 10.1 Å². The van der Waals surface area contributed by atoms with Crippen LogP contribution in [0, 0.1) is 10.1 Å². The summed E-state index contributed by atoms with van der Waals surface area (Å²) in [6.45, 7) is 8.00. The van der Waals surface area contributed by atoms with Gasteiger partial charge in [-0.2, -0.15) is 0 Å². The Hall–Kier alpha value is 0.380. The van der Waals surface area contributed by atoms with Crippen LogP contribution in [0.2, 0.25) is 0 Å². The van der Waals surface area contributed by atoms with Gasteiger partial charge >= 0.3 is 50.5 Å². The van der Waals surface area contributed by atoms with Crippen LogP contribution in [0.5, 0.6) is 0 Å². The van der Waals surface area contributed by atoms with Crippen LogP contribution in [0.25, 0.3) is 0 Å². The molecule has 0 aliphatic carbocycles. The van der Waals surface area contributed by atoms with Gasteiger partial charge in [-0.05, 0) is 24.3 Å². The predicted molar refractivity (Wildman–Crippen MR) is 114 cm³/mol. The van der Waals surface area contributed by atoms with Crippen molar-refractivity contribution in [2.24, 2.45) is 0 Å². The van der Waals surface area contributed by atoms with Gasteiger partial charge in [0.05, 0.1) is 4.92 Å². The summed E-state index contributed by atoms with van der Waals surface area (Å²) in [6.07, 6.45) is 0. The van der Waals surface area contributed by atoms with Crippen molar-refractivity contribution < 1.29 is 18.2 Å². The van der Waals surface area contributed by atoms with E-state index in [0.717, 1.165) is 9.79 Å². The second kappa shape index (κ2) is 18.7. The van der Waals surface area contributed by atoms with Crippen LogP contribution in [0.4, 0.5) is 5.69 Å². The van der Waals surface area contributed by atoms with Crippen molar-refractivity contribution in [1.82, 2.24) is 0 Å². The molecule has 0 heterocycles. The maximum atomic E-state index is 10.5. The van der Waals surface area contributed by atoms with Crippen LogP contribution in [0.1, 0.15) is 27.7 Å². The molecule has 0 spiro atoms. The summed E-state index contributed by atoms with van der Waals surface area (Å²) in [7, 11) is 0. The van der Waals surface area contributed by atoms with Crippen molar-refractivity contribution in [2.45, 2.75) is 37.5 Å². The van der Waals surface area contributed by atoms with Crippen LogP contribution >= 0.6 is 49.0 Å². The third kappa shape index (κ3) is 13.4. The van der Waals surface area contributed by atoms with E-state index >= 15 is 0 Å². The number of halogens is 3. The van der Waals surface area contributed by atoms with E-state index in [1.54, 1.807) is 23.9 Å². The Labute approximate surface area is 173 Å². The van der Waals surface area contributed by atoms with Gasteiger partial charge in [-0.25, -0.2) is 0 Å². The van der Waals surface area contributed by atoms with Gasteiger partial charge in [0.25, 0.3) is 5.69 Å². The number of hydrogen-bond donors (Lipinski definition) is 0. The Balaban J connectivity index is 0. The topological polar surface area (TPSA) is 43.1 Å². The van der Waals surface area contributed by atoms with Gasteiger partial charge in [-0.1, -0.05) is 57.7 Å². The van der Waals surface area contributed by atoms with E-state index in [0.29, 0.717) is 13.3 Å². The van der Waals surface area contributed by atoms with Gasteiger partial charge in [-0.3, -0.25) is 10.1 Å². The maximum absolute atomic E-state index is 10.5. The van der Waals surface area contributed by atoms with Crippen molar-refractivity contribution in [1.29, 1.82) is 0 Å². The van der Waals surface area contributed by atoms with Crippen molar-refractivity contribution >= 4 is 54.7 Å². The summed E-state index contributed by atoms with van der Waals surface area (Å²) in [6, 6.07) is 16.5. The number of non-ortho nitro benzene ring substituents is 1. The molecule has 130 valence electrons. The SMILES string of the molecule is CC.CC.I[I-]I.O=[N+]([O-])c1ccc(Sc2ccccc2)cc1. The van der Waals surface area contributed by atoms with E-state index < -0.39 is 4.92 Å². The second-order valence-electron chi connectivity index (χ2n) is 3.22. The standard InChI is InChI=1S/C12H9NO2S.2C2H6.I3/c14-13(15)10-6-8-12(9-7-10)16-11-4-2-1-3-5-11;2*1-2;1-3-2/h1-9H;2*1-2H3;/q;;;-1. The molecule has 2 aromatic rings. The zero-order chi connectivity index (χ0) is 18.1. The molecule has 0 atom stereocenters. The minimum absolute atomic E-state index is 0.123. The van der Waals surface area contributed by atoms with Crippen molar-refractivity contribution in [3.63, 3.8) is 0 Å². The van der Waals surface area contributed by atoms with E-state index in [2.05, 4.69) is 37.2 Å². The average Bonchev–Trinajstić information content (AvgIpc) is 2.60. The molecular formula is C16H21I3NO2S-. The van der Waals surface area contributed by atoms with Crippen LogP contribution in [0.3, 0.4) is 0 Å². The molecule has 3 nitrogen and oxygen atoms in total. The number of rotatable bonds is 3. The maximum Gasteiger partial charge on any atom is 0.269 e. The number of benzene rings is 2. The van der Waals surface area contributed by atoms with Crippen LogP contribution in [-0.4, -0.2) is 4.92 Å². The summed E-state index contributed by atoms with van der Waals surface area (Å²) < 4.78 is 0. The molecule has 2 aromatic carbocycles. The first-order valence-electron chi connectivity index (χ1n) is 7.01. The summed E-state index contributed by atoms with van der Waals surface area (Å²) in [5.74, 6) is 0. The zero-order valence-electron chi connectivity index (χ0n) is 13.5. The number of nitro groups is 1. The van der Waals surface area contributed by atoms with Crippen molar-refractivity contribution in [3.8, 4) is 0 Å². The zero-order valence-corrected chi connectivity index (χ0v) is 20.8. The summed E-state index contributed by atoms with van der Waals surface area (Å²) in [5.41, 5.74) is 0.123. The third-order valence-corrected chi connectivity index (χ3v) is 3.04. The minimum atomic E-state index is -0.392. The Morgan fingerprint density at radius 1 is 0.870 bits per heavy atom. The molecular weight excluding hydrogens is 651 g/mol. The smallest absolute Gasteiger partial charge is 0.258 e.